The van der Waals surface area contributed by atoms with E-state index in [1.54, 1.807) is 54.6 Å². The van der Waals surface area contributed by atoms with Gasteiger partial charge in [-0.05, 0) is 48.5 Å². The lowest BCUT2D eigenvalue weighted by Gasteiger charge is -2.11. The molecule has 4 aromatic carbocycles. The first-order valence-electron chi connectivity index (χ1n) is 13.6. The Labute approximate surface area is 264 Å². The minimum Gasteiger partial charge on any atom is -0.457 e. The van der Waals surface area contributed by atoms with Crippen LogP contribution in [0.1, 0.15) is 16.1 Å². The number of thioether (sulfide) groups is 1. The van der Waals surface area contributed by atoms with Crippen LogP contribution in [0.15, 0.2) is 118 Å². The van der Waals surface area contributed by atoms with Gasteiger partial charge in [-0.25, -0.2) is 17.6 Å². The van der Waals surface area contributed by atoms with Gasteiger partial charge in [0.2, 0.25) is 5.91 Å². The summed E-state index contributed by atoms with van der Waals surface area (Å²) < 4.78 is 60.4. The number of halogens is 4. The van der Waals surface area contributed by atoms with E-state index in [1.165, 1.54) is 18.2 Å². The van der Waals surface area contributed by atoms with Gasteiger partial charge in [0.05, 0.1) is 5.75 Å². The summed E-state index contributed by atoms with van der Waals surface area (Å²) in [4.78, 5) is 39.0. The van der Waals surface area contributed by atoms with Gasteiger partial charge in [0.1, 0.15) is 22.9 Å². The van der Waals surface area contributed by atoms with Crippen LogP contribution in [0.5, 0.6) is 0 Å². The van der Waals surface area contributed by atoms with Gasteiger partial charge in [0.25, 0.3) is 11.8 Å². The summed E-state index contributed by atoms with van der Waals surface area (Å²) in [6.07, 6.45) is 1.40. The van der Waals surface area contributed by atoms with Crippen molar-refractivity contribution in [3.63, 3.8) is 0 Å². The Morgan fingerprint density at radius 3 is 2.02 bits per heavy atom. The summed E-state index contributed by atoms with van der Waals surface area (Å²) in [5.41, 5.74) is 0.215. The number of nitrogens with one attached hydrogen (secondary N) is 3. The average molecular weight is 646 g/mol. The number of furan rings is 1. The molecule has 0 aliphatic heterocycles. The van der Waals surface area contributed by atoms with Gasteiger partial charge in [-0.2, -0.15) is 0 Å². The lowest BCUT2D eigenvalue weighted by Crippen LogP contribution is -2.30. The molecule has 232 valence electrons. The highest BCUT2D eigenvalue weighted by Crippen LogP contribution is 2.26. The minimum absolute atomic E-state index is 0.0458. The molecular formula is C34H23F4N3O4S. The predicted octanol–water partition coefficient (Wildman–Crippen LogP) is 7.64. The molecule has 0 bridgehead atoms. The molecule has 0 saturated carbocycles. The van der Waals surface area contributed by atoms with Crippen LogP contribution in [0.4, 0.5) is 28.9 Å². The molecule has 5 rings (SSSR count). The van der Waals surface area contributed by atoms with E-state index in [-0.39, 0.29) is 17.5 Å². The molecule has 0 aliphatic rings. The molecule has 0 saturated heterocycles. The van der Waals surface area contributed by atoms with Gasteiger partial charge >= 0.3 is 0 Å². The largest absolute Gasteiger partial charge is 0.457 e. The number of rotatable bonds is 10. The maximum absolute atomic E-state index is 13.9. The van der Waals surface area contributed by atoms with Crippen molar-refractivity contribution in [2.45, 2.75) is 4.90 Å². The third-order valence-corrected chi connectivity index (χ3v) is 7.37. The van der Waals surface area contributed by atoms with Crippen LogP contribution in [-0.2, 0) is 9.59 Å². The van der Waals surface area contributed by atoms with Gasteiger partial charge in [0, 0.05) is 33.9 Å². The van der Waals surface area contributed by atoms with Crippen LogP contribution >= 0.6 is 11.8 Å². The number of carbonyl (C=O) groups excluding carboxylic acids is 3. The van der Waals surface area contributed by atoms with Crippen LogP contribution in [0.25, 0.3) is 17.4 Å². The van der Waals surface area contributed by atoms with Gasteiger partial charge in [0.15, 0.2) is 23.3 Å². The highest BCUT2D eigenvalue weighted by atomic mass is 32.2. The van der Waals surface area contributed by atoms with E-state index >= 15 is 0 Å². The zero-order valence-corrected chi connectivity index (χ0v) is 24.5. The number of carbonyl (C=O) groups is 3. The minimum atomic E-state index is -1.71. The second kappa shape index (κ2) is 14.4. The van der Waals surface area contributed by atoms with Gasteiger partial charge in [-0.3, -0.25) is 14.4 Å². The van der Waals surface area contributed by atoms with Crippen molar-refractivity contribution in [1.29, 1.82) is 0 Å². The number of hydrogen-bond acceptors (Lipinski definition) is 5. The summed E-state index contributed by atoms with van der Waals surface area (Å²) in [6.45, 7) is 0. The first-order chi connectivity index (χ1) is 22.2. The molecule has 46 heavy (non-hydrogen) atoms. The Hall–Kier alpha value is -5.62. The normalized spacial score (nSPS) is 11.2. The van der Waals surface area contributed by atoms with E-state index < -0.39 is 46.7 Å². The lowest BCUT2D eigenvalue weighted by atomic mass is 10.2. The van der Waals surface area contributed by atoms with E-state index in [0.29, 0.717) is 27.7 Å². The average Bonchev–Trinajstić information content (AvgIpc) is 3.54. The summed E-state index contributed by atoms with van der Waals surface area (Å²) in [5.74, 6) is -8.21. The van der Waals surface area contributed by atoms with E-state index in [9.17, 15) is 31.9 Å². The SMILES string of the molecule is O=C(CSc1ccc(NC(=O)/C(=C\c2ccc(-c3ccccc3)o2)NC(=O)c2ccccc2)cc1)Nc1c(F)c(F)cc(F)c1F. The standard InChI is InChI=1S/C34H23F4N3O4S/c35-25-18-26(36)31(38)32(30(25)37)41-29(42)19-46-24-14-11-22(12-15-24)39-34(44)27(40-33(43)21-9-5-2-6-10-21)17-23-13-16-28(45-23)20-7-3-1-4-8-20/h1-18H,19H2,(H,39,44)(H,40,43)(H,41,42)/b27-17+. The van der Waals surface area contributed by atoms with Crippen molar-refractivity contribution < 1.29 is 36.4 Å². The van der Waals surface area contributed by atoms with Crippen molar-refractivity contribution in [2.24, 2.45) is 0 Å². The van der Waals surface area contributed by atoms with Crippen LogP contribution in [0.2, 0.25) is 0 Å². The Morgan fingerprint density at radius 1 is 0.739 bits per heavy atom. The number of benzene rings is 4. The molecule has 1 heterocycles. The molecule has 7 nitrogen and oxygen atoms in total. The molecule has 3 N–H and O–H groups in total. The molecule has 3 amide bonds. The van der Waals surface area contributed by atoms with Crippen LogP contribution < -0.4 is 16.0 Å². The van der Waals surface area contributed by atoms with Gasteiger partial charge in [-0.1, -0.05) is 48.5 Å². The van der Waals surface area contributed by atoms with Crippen molar-refractivity contribution >= 4 is 46.9 Å². The molecule has 12 heteroatoms. The number of anilines is 2. The topological polar surface area (TPSA) is 100 Å². The number of hydrogen-bond donors (Lipinski definition) is 3. The Morgan fingerprint density at radius 2 is 1.37 bits per heavy atom. The predicted molar refractivity (Wildman–Crippen MR) is 167 cm³/mol. The maximum Gasteiger partial charge on any atom is 0.272 e. The molecule has 0 atom stereocenters. The van der Waals surface area contributed by atoms with Crippen molar-refractivity contribution in [3.05, 3.63) is 143 Å². The van der Waals surface area contributed by atoms with E-state index in [0.717, 1.165) is 17.3 Å². The Bertz CT molecular complexity index is 1890. The highest BCUT2D eigenvalue weighted by molar-refractivity contribution is 8.00. The third kappa shape index (κ3) is 7.90. The molecule has 0 fully saturated rings. The van der Waals surface area contributed by atoms with Crippen molar-refractivity contribution in [1.82, 2.24) is 5.32 Å². The molecule has 1 aromatic heterocycles. The molecule has 5 aromatic rings. The highest BCUT2D eigenvalue weighted by Gasteiger charge is 2.21. The smallest absolute Gasteiger partial charge is 0.272 e. The monoisotopic (exact) mass is 645 g/mol. The van der Waals surface area contributed by atoms with Crippen molar-refractivity contribution in [3.8, 4) is 11.3 Å². The zero-order chi connectivity index (χ0) is 32.6. The first-order valence-corrected chi connectivity index (χ1v) is 14.6. The third-order valence-electron chi connectivity index (χ3n) is 6.36. The maximum atomic E-state index is 13.9. The molecule has 0 radical (unpaired) electrons. The fraction of sp³-hybridized carbons (Fsp3) is 0.0294. The van der Waals surface area contributed by atoms with Crippen molar-refractivity contribution in [2.75, 3.05) is 16.4 Å². The van der Waals surface area contributed by atoms with Crippen LogP contribution in [0, 0.1) is 23.3 Å². The Kier molecular flexibility index (Phi) is 9.98. The van der Waals surface area contributed by atoms with E-state index in [1.807, 2.05) is 35.6 Å². The fourth-order valence-corrected chi connectivity index (χ4v) is 4.81. The lowest BCUT2D eigenvalue weighted by molar-refractivity contribution is -0.114. The molecule has 0 spiro atoms. The Balaban J connectivity index is 1.26. The van der Waals surface area contributed by atoms with E-state index in [2.05, 4.69) is 10.6 Å². The summed E-state index contributed by atoms with van der Waals surface area (Å²) in [6, 6.07) is 27.4. The number of amides is 3. The second-order valence-electron chi connectivity index (χ2n) is 9.60. The molecule has 0 unspecified atom stereocenters. The summed E-state index contributed by atoms with van der Waals surface area (Å²) in [5, 5.41) is 7.17. The quantitative estimate of drug-likeness (QED) is 0.0628. The first kappa shape index (κ1) is 31.8. The van der Waals surface area contributed by atoms with Gasteiger partial charge < -0.3 is 20.4 Å². The van der Waals surface area contributed by atoms with Gasteiger partial charge in [-0.15, -0.1) is 11.8 Å². The summed E-state index contributed by atoms with van der Waals surface area (Å²) >= 11 is 0.972. The van der Waals surface area contributed by atoms with Crippen LogP contribution in [0.3, 0.4) is 0 Å². The van der Waals surface area contributed by atoms with Crippen LogP contribution in [-0.4, -0.2) is 23.5 Å². The molecule has 0 aliphatic carbocycles. The van der Waals surface area contributed by atoms with E-state index in [4.69, 9.17) is 4.42 Å². The second-order valence-corrected chi connectivity index (χ2v) is 10.7. The zero-order valence-electron chi connectivity index (χ0n) is 23.7. The fourth-order valence-electron chi connectivity index (χ4n) is 4.11. The molecular weight excluding hydrogens is 622 g/mol. The summed E-state index contributed by atoms with van der Waals surface area (Å²) in [7, 11) is 0.